The van der Waals surface area contributed by atoms with Gasteiger partial charge in [0.05, 0.1) is 27.9 Å². The number of carbonyl (C=O) groups is 1. The highest BCUT2D eigenvalue weighted by molar-refractivity contribution is 6.35. The van der Waals surface area contributed by atoms with Crippen molar-refractivity contribution >= 4 is 29.1 Å². The van der Waals surface area contributed by atoms with Crippen molar-refractivity contribution in [1.29, 1.82) is 0 Å². The van der Waals surface area contributed by atoms with Crippen molar-refractivity contribution in [3.63, 3.8) is 0 Å². The summed E-state index contributed by atoms with van der Waals surface area (Å²) in [6, 6.07) is 7.98. The van der Waals surface area contributed by atoms with E-state index in [0.29, 0.717) is 39.5 Å². The van der Waals surface area contributed by atoms with Gasteiger partial charge < -0.3 is 18.9 Å². The summed E-state index contributed by atoms with van der Waals surface area (Å²) in [7, 11) is 4.52. The Bertz CT molecular complexity index is 1070. The topological polar surface area (TPSA) is 84.7 Å². The predicted molar refractivity (Wildman–Crippen MR) is 122 cm³/mol. The van der Waals surface area contributed by atoms with Crippen molar-refractivity contribution in [3.8, 4) is 34.6 Å². The molecule has 2 aromatic carbocycles. The third kappa shape index (κ3) is 5.08. The molecule has 170 valence electrons. The lowest BCUT2D eigenvalue weighted by Gasteiger charge is -2.14. The number of hydrogen-bond donors (Lipinski definition) is 0. The van der Waals surface area contributed by atoms with E-state index in [9.17, 15) is 4.79 Å². The molecular formula is C22H23Cl2N3O5. The van der Waals surface area contributed by atoms with Crippen LogP contribution in [0.15, 0.2) is 30.3 Å². The van der Waals surface area contributed by atoms with Gasteiger partial charge in [-0.05, 0) is 36.8 Å². The van der Waals surface area contributed by atoms with Gasteiger partial charge in [0.2, 0.25) is 5.75 Å². The molecule has 1 aromatic heterocycles. The van der Waals surface area contributed by atoms with Crippen LogP contribution in [0.1, 0.15) is 30.1 Å². The Balaban J connectivity index is 2.15. The maximum Gasteiger partial charge on any atom is 0.336 e. The number of benzene rings is 2. The van der Waals surface area contributed by atoms with Crippen LogP contribution < -0.4 is 18.9 Å². The molecule has 10 heteroatoms. The van der Waals surface area contributed by atoms with Crippen molar-refractivity contribution < 1.29 is 23.7 Å². The summed E-state index contributed by atoms with van der Waals surface area (Å²) in [5.41, 5.74) is 0.764. The van der Waals surface area contributed by atoms with Gasteiger partial charge in [-0.2, -0.15) is 9.67 Å². The lowest BCUT2D eigenvalue weighted by molar-refractivity contribution is 0.0944. The SMILES string of the molecule is CCCCOc1nc(-c2cc(OC)c(OC)c(OC)c2)n(C(=O)c2cc(Cl)cc(Cl)c2)n1. The maximum atomic E-state index is 13.3. The molecule has 0 unspecified atom stereocenters. The van der Waals surface area contributed by atoms with E-state index in [-0.39, 0.29) is 17.4 Å². The first-order valence-corrected chi connectivity index (χ1v) is 10.6. The van der Waals surface area contributed by atoms with E-state index in [1.165, 1.54) is 33.5 Å². The van der Waals surface area contributed by atoms with Gasteiger partial charge in [-0.25, -0.2) is 0 Å². The molecule has 0 bridgehead atoms. The highest BCUT2D eigenvalue weighted by Crippen LogP contribution is 2.41. The van der Waals surface area contributed by atoms with Gasteiger partial charge in [0, 0.05) is 21.2 Å². The Morgan fingerprint density at radius 1 is 0.969 bits per heavy atom. The van der Waals surface area contributed by atoms with Crippen molar-refractivity contribution in [1.82, 2.24) is 14.8 Å². The second-order valence-electron chi connectivity index (χ2n) is 6.71. The summed E-state index contributed by atoms with van der Waals surface area (Å²) in [6.45, 7) is 2.47. The average Bonchev–Trinajstić information content (AvgIpc) is 3.21. The fraction of sp³-hybridized carbons (Fsp3) is 0.318. The number of halogens is 2. The quantitative estimate of drug-likeness (QED) is 0.392. The van der Waals surface area contributed by atoms with E-state index in [1.54, 1.807) is 18.2 Å². The molecule has 0 radical (unpaired) electrons. The van der Waals surface area contributed by atoms with Crippen LogP contribution in [0.25, 0.3) is 11.4 Å². The van der Waals surface area contributed by atoms with Gasteiger partial charge in [0.15, 0.2) is 17.3 Å². The summed E-state index contributed by atoms with van der Waals surface area (Å²) in [4.78, 5) is 17.8. The predicted octanol–water partition coefficient (Wildman–Crippen LogP) is 5.15. The summed E-state index contributed by atoms with van der Waals surface area (Å²) >= 11 is 12.2. The van der Waals surface area contributed by atoms with Gasteiger partial charge >= 0.3 is 6.01 Å². The lowest BCUT2D eigenvalue weighted by Crippen LogP contribution is -2.15. The summed E-state index contributed by atoms with van der Waals surface area (Å²) in [5, 5.41) is 4.94. The highest BCUT2D eigenvalue weighted by Gasteiger charge is 2.23. The molecule has 1 heterocycles. The number of hydrogen-bond acceptors (Lipinski definition) is 7. The monoisotopic (exact) mass is 479 g/mol. The van der Waals surface area contributed by atoms with Crippen LogP contribution in [-0.2, 0) is 0 Å². The Morgan fingerprint density at radius 3 is 2.12 bits per heavy atom. The van der Waals surface area contributed by atoms with Crippen molar-refractivity contribution in [3.05, 3.63) is 45.9 Å². The number of ether oxygens (including phenoxy) is 4. The maximum absolute atomic E-state index is 13.3. The van der Waals surface area contributed by atoms with E-state index >= 15 is 0 Å². The van der Waals surface area contributed by atoms with Gasteiger partial charge in [-0.15, -0.1) is 5.10 Å². The second kappa shape index (κ2) is 10.6. The molecule has 3 rings (SSSR count). The minimum Gasteiger partial charge on any atom is -0.493 e. The van der Waals surface area contributed by atoms with E-state index in [1.807, 2.05) is 6.92 Å². The molecule has 0 saturated carbocycles. The van der Waals surface area contributed by atoms with Gasteiger partial charge in [0.1, 0.15) is 0 Å². The van der Waals surface area contributed by atoms with Crippen molar-refractivity contribution in [2.24, 2.45) is 0 Å². The van der Waals surface area contributed by atoms with Crippen LogP contribution in [0, 0.1) is 0 Å². The third-order valence-electron chi connectivity index (χ3n) is 4.54. The second-order valence-corrected chi connectivity index (χ2v) is 7.58. The number of carbonyl (C=O) groups excluding carboxylic acids is 1. The molecular weight excluding hydrogens is 457 g/mol. The molecule has 0 atom stereocenters. The summed E-state index contributed by atoms with van der Waals surface area (Å²) < 4.78 is 23.0. The van der Waals surface area contributed by atoms with E-state index in [0.717, 1.165) is 17.5 Å². The Kier molecular flexibility index (Phi) is 7.82. The third-order valence-corrected chi connectivity index (χ3v) is 4.98. The molecule has 0 fully saturated rings. The minimum atomic E-state index is -0.476. The first-order valence-electron chi connectivity index (χ1n) is 9.82. The summed E-state index contributed by atoms with van der Waals surface area (Å²) in [5.74, 6) is 0.983. The molecule has 32 heavy (non-hydrogen) atoms. The van der Waals surface area contributed by atoms with Gasteiger partial charge in [-0.3, -0.25) is 4.79 Å². The van der Waals surface area contributed by atoms with Crippen LogP contribution in [0.2, 0.25) is 10.0 Å². The smallest absolute Gasteiger partial charge is 0.336 e. The molecule has 8 nitrogen and oxygen atoms in total. The van der Waals surface area contributed by atoms with Crippen molar-refractivity contribution in [2.45, 2.75) is 19.8 Å². The standard InChI is InChI=1S/C22H23Cl2N3O5/c1-5-6-7-32-22-25-20(13-10-17(29-2)19(31-4)18(11-13)30-3)27(26-22)21(28)14-8-15(23)12-16(24)9-14/h8-12H,5-7H2,1-4H3. The zero-order chi connectivity index (χ0) is 23.3. The zero-order valence-electron chi connectivity index (χ0n) is 18.1. The van der Waals surface area contributed by atoms with Crippen LogP contribution in [0.5, 0.6) is 23.3 Å². The molecule has 0 saturated heterocycles. The fourth-order valence-corrected chi connectivity index (χ4v) is 3.53. The molecule has 0 aliphatic heterocycles. The van der Waals surface area contributed by atoms with Crippen LogP contribution >= 0.6 is 23.2 Å². The highest BCUT2D eigenvalue weighted by atomic mass is 35.5. The van der Waals surface area contributed by atoms with Gasteiger partial charge in [-0.1, -0.05) is 36.5 Å². The van der Waals surface area contributed by atoms with E-state index in [4.69, 9.17) is 42.1 Å². The Labute approximate surface area is 196 Å². The molecule has 0 aliphatic carbocycles. The van der Waals surface area contributed by atoms with E-state index < -0.39 is 5.91 Å². The Morgan fingerprint density at radius 2 is 1.59 bits per heavy atom. The number of aromatic nitrogens is 3. The molecule has 0 N–H and O–H groups in total. The summed E-state index contributed by atoms with van der Waals surface area (Å²) in [6.07, 6.45) is 1.77. The molecule has 0 spiro atoms. The van der Waals surface area contributed by atoms with Crippen molar-refractivity contribution in [2.75, 3.05) is 27.9 Å². The normalized spacial score (nSPS) is 10.7. The van der Waals surface area contributed by atoms with Crippen LogP contribution in [-0.4, -0.2) is 48.6 Å². The Hall–Kier alpha value is -2.97. The molecule has 3 aromatic rings. The van der Waals surface area contributed by atoms with Gasteiger partial charge in [0.25, 0.3) is 5.91 Å². The average molecular weight is 480 g/mol. The van der Waals surface area contributed by atoms with E-state index in [2.05, 4.69) is 10.1 Å². The lowest BCUT2D eigenvalue weighted by atomic mass is 10.1. The zero-order valence-corrected chi connectivity index (χ0v) is 19.7. The molecule has 0 amide bonds. The molecule has 0 aliphatic rings. The fourth-order valence-electron chi connectivity index (χ4n) is 3.00. The minimum absolute atomic E-state index is 0.0728. The number of rotatable bonds is 9. The number of methoxy groups -OCH3 is 3. The first kappa shape index (κ1) is 23.7. The largest absolute Gasteiger partial charge is 0.493 e. The first-order chi connectivity index (χ1) is 15.4. The number of unbranched alkanes of at least 4 members (excludes halogenated alkanes) is 1. The van der Waals surface area contributed by atoms with Crippen LogP contribution in [0.3, 0.4) is 0 Å². The van der Waals surface area contributed by atoms with Crippen LogP contribution in [0.4, 0.5) is 0 Å². The number of nitrogens with zero attached hydrogens (tertiary/aromatic N) is 3.